The van der Waals surface area contributed by atoms with Crippen molar-refractivity contribution in [2.24, 2.45) is 0 Å². The second kappa shape index (κ2) is 5.69. The van der Waals surface area contributed by atoms with Gasteiger partial charge in [0.1, 0.15) is 17.1 Å². The van der Waals surface area contributed by atoms with Crippen LogP contribution in [0.1, 0.15) is 11.1 Å². The van der Waals surface area contributed by atoms with Gasteiger partial charge in [0, 0.05) is 5.56 Å². The van der Waals surface area contributed by atoms with Gasteiger partial charge in [-0.05, 0) is 31.2 Å². The molecule has 4 aromatic rings. The van der Waals surface area contributed by atoms with E-state index < -0.39 is 5.56 Å². The summed E-state index contributed by atoms with van der Waals surface area (Å²) in [7, 11) is 0. The van der Waals surface area contributed by atoms with E-state index in [-0.39, 0.29) is 5.56 Å². The Kier molecular flexibility index (Phi) is 3.36. The van der Waals surface area contributed by atoms with Gasteiger partial charge in [0.15, 0.2) is 5.82 Å². The molecule has 0 bridgehead atoms. The lowest BCUT2D eigenvalue weighted by molar-refractivity contribution is 0.717. The highest BCUT2D eigenvalue weighted by molar-refractivity contribution is 5.75. The fourth-order valence-electron chi connectivity index (χ4n) is 2.70. The van der Waals surface area contributed by atoms with E-state index in [9.17, 15) is 10.1 Å². The summed E-state index contributed by atoms with van der Waals surface area (Å²) in [5, 5.41) is 22.2. The van der Waals surface area contributed by atoms with Gasteiger partial charge >= 0.3 is 0 Å². The predicted molar refractivity (Wildman–Crippen MR) is 91.7 cm³/mol. The maximum atomic E-state index is 12.6. The van der Waals surface area contributed by atoms with Crippen molar-refractivity contribution in [3.05, 3.63) is 76.1 Å². The van der Waals surface area contributed by atoms with Crippen LogP contribution in [0, 0.1) is 18.3 Å². The van der Waals surface area contributed by atoms with Gasteiger partial charge in [-0.1, -0.05) is 35.5 Å². The summed E-state index contributed by atoms with van der Waals surface area (Å²) in [6.07, 6.45) is 0. The molecule has 2 aromatic carbocycles. The maximum Gasteiger partial charge on any atom is 0.289 e. The molecule has 0 atom stereocenters. The van der Waals surface area contributed by atoms with Crippen LogP contribution in [-0.4, -0.2) is 24.8 Å². The smallest absolute Gasteiger partial charge is 0.266 e. The van der Waals surface area contributed by atoms with E-state index in [4.69, 9.17) is 0 Å². The fraction of sp³-hybridized carbons (Fsp3) is 0.0556. The lowest BCUT2D eigenvalue weighted by Gasteiger charge is -2.11. The van der Waals surface area contributed by atoms with Crippen molar-refractivity contribution < 1.29 is 0 Å². The summed E-state index contributed by atoms with van der Waals surface area (Å²) in [6, 6.07) is 18.4. The van der Waals surface area contributed by atoms with Crippen LogP contribution in [0.5, 0.6) is 0 Å². The van der Waals surface area contributed by atoms with Crippen LogP contribution >= 0.6 is 0 Å². The standard InChI is InChI=1S/C18H12N6O/c1-12-14(11-19)18(25)23(13-7-3-2-4-8-13)21-17(12)24-16-10-6-5-9-15(16)20-22-24/h2-10H,1H3. The Morgan fingerprint density at radius 3 is 2.48 bits per heavy atom. The second-order valence-corrected chi connectivity index (χ2v) is 5.48. The molecule has 4 rings (SSSR count). The quantitative estimate of drug-likeness (QED) is 0.562. The number of aromatic nitrogens is 5. The average molecular weight is 328 g/mol. The van der Waals surface area contributed by atoms with Gasteiger partial charge < -0.3 is 0 Å². The molecular weight excluding hydrogens is 316 g/mol. The van der Waals surface area contributed by atoms with E-state index in [1.54, 1.807) is 35.9 Å². The minimum atomic E-state index is -0.459. The highest BCUT2D eigenvalue weighted by Gasteiger charge is 2.18. The summed E-state index contributed by atoms with van der Waals surface area (Å²) >= 11 is 0. The minimum absolute atomic E-state index is 0.0356. The molecule has 0 radical (unpaired) electrons. The second-order valence-electron chi connectivity index (χ2n) is 5.48. The summed E-state index contributed by atoms with van der Waals surface area (Å²) in [5.41, 5.74) is 2.08. The van der Waals surface area contributed by atoms with Gasteiger partial charge in [-0.15, -0.1) is 10.2 Å². The van der Waals surface area contributed by atoms with Gasteiger partial charge in [-0.3, -0.25) is 4.79 Å². The first-order valence-corrected chi connectivity index (χ1v) is 7.61. The van der Waals surface area contributed by atoms with Gasteiger partial charge in [-0.2, -0.15) is 14.6 Å². The highest BCUT2D eigenvalue weighted by Crippen LogP contribution is 2.18. The largest absolute Gasteiger partial charge is 0.289 e. The minimum Gasteiger partial charge on any atom is -0.266 e. The van der Waals surface area contributed by atoms with E-state index in [0.717, 1.165) is 5.52 Å². The molecule has 120 valence electrons. The van der Waals surface area contributed by atoms with Crippen LogP contribution in [0.2, 0.25) is 0 Å². The SMILES string of the molecule is Cc1c(-n2nnc3ccccc32)nn(-c2ccccc2)c(=O)c1C#N. The monoisotopic (exact) mass is 328 g/mol. The van der Waals surface area contributed by atoms with Crippen molar-refractivity contribution in [3.63, 3.8) is 0 Å². The number of fused-ring (bicyclic) bond motifs is 1. The summed E-state index contributed by atoms with van der Waals surface area (Å²) < 4.78 is 2.77. The Morgan fingerprint density at radius 2 is 1.72 bits per heavy atom. The van der Waals surface area contributed by atoms with E-state index in [1.165, 1.54) is 4.68 Å². The number of benzene rings is 2. The molecule has 0 aliphatic heterocycles. The average Bonchev–Trinajstić information content (AvgIpc) is 3.07. The topological polar surface area (TPSA) is 89.4 Å². The molecule has 0 N–H and O–H groups in total. The molecule has 25 heavy (non-hydrogen) atoms. The Bertz CT molecular complexity index is 1180. The number of nitrogens with zero attached hydrogens (tertiary/aromatic N) is 6. The normalized spacial score (nSPS) is 10.7. The third-order valence-corrected chi connectivity index (χ3v) is 3.98. The van der Waals surface area contributed by atoms with E-state index in [0.29, 0.717) is 22.6 Å². The molecule has 0 saturated carbocycles. The van der Waals surface area contributed by atoms with Crippen molar-refractivity contribution in [2.45, 2.75) is 6.92 Å². The van der Waals surface area contributed by atoms with Crippen LogP contribution in [0.25, 0.3) is 22.5 Å². The Balaban J connectivity index is 2.07. The first kappa shape index (κ1) is 14.8. The number of para-hydroxylation sites is 2. The third kappa shape index (κ3) is 2.28. The first-order chi connectivity index (χ1) is 12.2. The van der Waals surface area contributed by atoms with Crippen LogP contribution in [-0.2, 0) is 0 Å². The predicted octanol–water partition coefficient (Wildman–Crippen LogP) is 2.15. The van der Waals surface area contributed by atoms with Gasteiger partial charge in [0.25, 0.3) is 5.56 Å². The summed E-state index contributed by atoms with van der Waals surface area (Å²) in [6.45, 7) is 1.69. The van der Waals surface area contributed by atoms with Crippen LogP contribution < -0.4 is 5.56 Å². The van der Waals surface area contributed by atoms with Crippen molar-refractivity contribution in [2.75, 3.05) is 0 Å². The number of hydrogen-bond acceptors (Lipinski definition) is 5. The molecule has 0 saturated heterocycles. The molecule has 0 aliphatic rings. The molecule has 0 fully saturated rings. The van der Waals surface area contributed by atoms with Crippen LogP contribution in [0.3, 0.4) is 0 Å². The molecule has 0 amide bonds. The van der Waals surface area contributed by atoms with Crippen LogP contribution in [0.4, 0.5) is 0 Å². The molecule has 7 nitrogen and oxygen atoms in total. The first-order valence-electron chi connectivity index (χ1n) is 7.61. The van der Waals surface area contributed by atoms with Crippen molar-refractivity contribution >= 4 is 11.0 Å². The summed E-state index contributed by atoms with van der Waals surface area (Å²) in [5.74, 6) is 0.397. The Hall–Kier alpha value is -3.79. The number of nitriles is 1. The zero-order chi connectivity index (χ0) is 17.4. The van der Waals surface area contributed by atoms with Gasteiger partial charge in [-0.25, -0.2) is 0 Å². The molecule has 0 aliphatic carbocycles. The third-order valence-electron chi connectivity index (χ3n) is 3.98. The lowest BCUT2D eigenvalue weighted by atomic mass is 10.2. The summed E-state index contributed by atoms with van der Waals surface area (Å²) in [4.78, 5) is 12.6. The lowest BCUT2D eigenvalue weighted by Crippen LogP contribution is -2.27. The highest BCUT2D eigenvalue weighted by atomic mass is 16.1. The molecule has 2 aromatic heterocycles. The molecule has 7 heteroatoms. The molecule has 0 spiro atoms. The zero-order valence-corrected chi connectivity index (χ0v) is 13.3. The number of rotatable bonds is 2. The van der Waals surface area contributed by atoms with Crippen molar-refractivity contribution in [3.8, 4) is 17.6 Å². The van der Waals surface area contributed by atoms with Crippen molar-refractivity contribution in [1.82, 2.24) is 24.8 Å². The van der Waals surface area contributed by atoms with E-state index in [1.807, 2.05) is 36.4 Å². The van der Waals surface area contributed by atoms with Crippen molar-refractivity contribution in [1.29, 1.82) is 5.26 Å². The van der Waals surface area contributed by atoms with Gasteiger partial charge in [0.2, 0.25) is 0 Å². The fourth-order valence-corrected chi connectivity index (χ4v) is 2.70. The van der Waals surface area contributed by atoms with Gasteiger partial charge in [0.05, 0.1) is 11.2 Å². The molecular formula is C18H12N6O. The number of hydrogen-bond donors (Lipinski definition) is 0. The Morgan fingerprint density at radius 1 is 1.00 bits per heavy atom. The molecule has 0 unspecified atom stereocenters. The Labute approximate surface area is 142 Å². The van der Waals surface area contributed by atoms with E-state index in [2.05, 4.69) is 15.4 Å². The molecule has 2 heterocycles. The zero-order valence-electron chi connectivity index (χ0n) is 13.3. The van der Waals surface area contributed by atoms with E-state index >= 15 is 0 Å². The van der Waals surface area contributed by atoms with Crippen LogP contribution in [0.15, 0.2) is 59.4 Å². The maximum absolute atomic E-state index is 12.6.